The molecular formula is C50H102O17. The first-order chi connectivity index (χ1) is 33.4. The van der Waals surface area contributed by atoms with Gasteiger partial charge in [-0.05, 0) is 6.42 Å². The minimum atomic E-state index is 0.0228. The normalized spacial score (nSPS) is 11.7. The van der Waals surface area contributed by atoms with Gasteiger partial charge in [0.25, 0.3) is 0 Å². The summed E-state index contributed by atoms with van der Waals surface area (Å²) in [5.41, 5.74) is 0. The van der Waals surface area contributed by atoms with Crippen LogP contribution in [0, 0.1) is 0 Å². The SMILES string of the molecule is CCCCCCCCCCCCCCCCCCOCCOCCOCCOCCOCCOCCOCCOCCOCCOCCOCCOCCOCCOCCOCCOCCO. The maximum absolute atomic E-state index is 8.61. The van der Waals surface area contributed by atoms with E-state index in [-0.39, 0.29) is 6.61 Å². The van der Waals surface area contributed by atoms with Crippen LogP contribution >= 0.6 is 0 Å². The van der Waals surface area contributed by atoms with Gasteiger partial charge in [-0.15, -0.1) is 0 Å². The molecule has 0 saturated heterocycles. The number of hydrogen-bond donors (Lipinski definition) is 1. The van der Waals surface area contributed by atoms with E-state index in [0.717, 1.165) is 13.0 Å². The molecule has 17 nitrogen and oxygen atoms in total. The first-order valence-corrected chi connectivity index (χ1v) is 26.3. The minimum absolute atomic E-state index is 0.0228. The maximum atomic E-state index is 8.61. The number of rotatable bonds is 64. The van der Waals surface area contributed by atoms with Gasteiger partial charge in [-0.1, -0.05) is 103 Å². The van der Waals surface area contributed by atoms with Crippen LogP contribution in [0.2, 0.25) is 0 Å². The summed E-state index contributed by atoms with van der Waals surface area (Å²) in [6, 6.07) is 0. The molecule has 0 saturated carbocycles. The Morgan fingerprint density at radius 2 is 0.299 bits per heavy atom. The summed E-state index contributed by atoms with van der Waals surface area (Å²) in [5.74, 6) is 0. The molecule has 0 amide bonds. The van der Waals surface area contributed by atoms with E-state index in [1.54, 1.807) is 0 Å². The van der Waals surface area contributed by atoms with Crippen molar-refractivity contribution in [2.45, 2.75) is 110 Å². The highest BCUT2D eigenvalue weighted by atomic mass is 16.6. The Bertz CT molecular complexity index is 774. The van der Waals surface area contributed by atoms with Gasteiger partial charge in [0.15, 0.2) is 0 Å². The van der Waals surface area contributed by atoms with Gasteiger partial charge in [0, 0.05) is 6.61 Å². The summed E-state index contributed by atoms with van der Waals surface area (Å²) in [6.45, 7) is 18.9. The lowest BCUT2D eigenvalue weighted by Gasteiger charge is -2.09. The van der Waals surface area contributed by atoms with Crippen LogP contribution in [0.3, 0.4) is 0 Å². The highest BCUT2D eigenvalue weighted by Crippen LogP contribution is 2.13. The van der Waals surface area contributed by atoms with Crippen molar-refractivity contribution in [3.63, 3.8) is 0 Å². The fraction of sp³-hybridized carbons (Fsp3) is 1.00. The van der Waals surface area contributed by atoms with Crippen molar-refractivity contribution < 1.29 is 80.9 Å². The van der Waals surface area contributed by atoms with Gasteiger partial charge in [-0.2, -0.15) is 0 Å². The van der Waals surface area contributed by atoms with E-state index in [0.29, 0.717) is 205 Å². The zero-order chi connectivity index (χ0) is 48.0. The molecule has 0 unspecified atom stereocenters. The topological polar surface area (TPSA) is 168 Å². The third-order valence-corrected chi connectivity index (χ3v) is 9.96. The van der Waals surface area contributed by atoms with Crippen molar-refractivity contribution in [3.8, 4) is 0 Å². The lowest BCUT2D eigenvalue weighted by Crippen LogP contribution is -2.16. The molecule has 0 fully saturated rings. The zero-order valence-corrected chi connectivity index (χ0v) is 42.6. The molecule has 0 spiro atoms. The van der Waals surface area contributed by atoms with Crippen molar-refractivity contribution in [1.29, 1.82) is 0 Å². The predicted molar refractivity (Wildman–Crippen MR) is 260 cm³/mol. The van der Waals surface area contributed by atoms with E-state index in [1.807, 2.05) is 0 Å². The second kappa shape index (κ2) is 65.3. The lowest BCUT2D eigenvalue weighted by atomic mass is 10.0. The number of hydrogen-bond acceptors (Lipinski definition) is 17. The summed E-state index contributed by atoms with van der Waals surface area (Å²) in [7, 11) is 0. The third-order valence-electron chi connectivity index (χ3n) is 9.96. The van der Waals surface area contributed by atoms with Crippen LogP contribution in [-0.2, 0) is 75.8 Å². The molecule has 0 bridgehead atoms. The van der Waals surface area contributed by atoms with E-state index in [9.17, 15) is 0 Å². The molecule has 0 aromatic carbocycles. The maximum Gasteiger partial charge on any atom is 0.0701 e. The minimum Gasteiger partial charge on any atom is -0.394 e. The molecule has 17 heteroatoms. The molecule has 0 aliphatic rings. The number of aliphatic hydroxyl groups is 1. The molecule has 0 aliphatic carbocycles. The van der Waals surface area contributed by atoms with Crippen molar-refractivity contribution in [3.05, 3.63) is 0 Å². The molecule has 0 atom stereocenters. The summed E-state index contributed by atoms with van der Waals surface area (Å²) in [4.78, 5) is 0. The Morgan fingerprint density at radius 3 is 0.463 bits per heavy atom. The molecule has 67 heavy (non-hydrogen) atoms. The van der Waals surface area contributed by atoms with Crippen molar-refractivity contribution in [2.24, 2.45) is 0 Å². The fourth-order valence-corrected chi connectivity index (χ4v) is 6.22. The van der Waals surface area contributed by atoms with Gasteiger partial charge in [0.1, 0.15) is 0 Å². The molecule has 0 rings (SSSR count). The number of aliphatic hydroxyl groups excluding tert-OH is 1. The molecule has 0 aromatic heterocycles. The highest BCUT2D eigenvalue weighted by Gasteiger charge is 1.99. The smallest absolute Gasteiger partial charge is 0.0701 e. The Labute approximate surface area is 407 Å². The van der Waals surface area contributed by atoms with Crippen LogP contribution in [0.4, 0.5) is 0 Å². The average Bonchev–Trinajstić information content (AvgIpc) is 3.34. The van der Waals surface area contributed by atoms with Crippen molar-refractivity contribution >= 4 is 0 Å². The van der Waals surface area contributed by atoms with Crippen LogP contribution < -0.4 is 0 Å². The monoisotopic (exact) mass is 975 g/mol. The average molecular weight is 975 g/mol. The summed E-state index contributed by atoms with van der Waals surface area (Å²) < 4.78 is 87.8. The number of ether oxygens (including phenoxy) is 16. The van der Waals surface area contributed by atoms with Crippen LogP contribution in [0.25, 0.3) is 0 Å². The summed E-state index contributed by atoms with van der Waals surface area (Å²) >= 11 is 0. The first-order valence-electron chi connectivity index (χ1n) is 26.3. The molecule has 0 radical (unpaired) electrons. The molecule has 0 aliphatic heterocycles. The molecule has 404 valence electrons. The van der Waals surface area contributed by atoms with Crippen LogP contribution in [0.1, 0.15) is 110 Å². The van der Waals surface area contributed by atoms with E-state index in [2.05, 4.69) is 6.92 Å². The number of unbranched alkanes of at least 4 members (excludes halogenated alkanes) is 15. The van der Waals surface area contributed by atoms with E-state index in [4.69, 9.17) is 80.9 Å². The van der Waals surface area contributed by atoms with Crippen molar-refractivity contribution in [1.82, 2.24) is 0 Å². The predicted octanol–water partition coefficient (Wildman–Crippen LogP) is 6.51. The zero-order valence-electron chi connectivity index (χ0n) is 42.6. The fourth-order valence-electron chi connectivity index (χ4n) is 6.22. The third kappa shape index (κ3) is 65.3. The second-order valence-corrected chi connectivity index (χ2v) is 15.8. The summed E-state index contributed by atoms with van der Waals surface area (Å²) in [5, 5.41) is 8.61. The summed E-state index contributed by atoms with van der Waals surface area (Å²) in [6.07, 6.45) is 22.1. The van der Waals surface area contributed by atoms with Crippen molar-refractivity contribution in [2.75, 3.05) is 218 Å². The van der Waals surface area contributed by atoms with Gasteiger partial charge in [-0.25, -0.2) is 0 Å². The van der Waals surface area contributed by atoms with Gasteiger partial charge < -0.3 is 80.9 Å². The molecule has 1 N–H and O–H groups in total. The standard InChI is InChI=1S/C50H102O17/c1-2-3-4-5-6-7-8-9-10-11-12-13-14-15-16-17-19-52-21-23-54-25-27-56-29-31-58-33-35-60-37-39-62-41-43-64-45-47-66-49-50-67-48-46-65-44-42-63-40-38-61-36-34-59-32-30-57-28-26-55-24-22-53-20-18-51/h51H,2-50H2,1H3. The van der Waals surface area contributed by atoms with E-state index in [1.165, 1.54) is 96.3 Å². The second-order valence-electron chi connectivity index (χ2n) is 15.8. The lowest BCUT2D eigenvalue weighted by molar-refractivity contribution is -0.0305. The molecule has 0 aromatic rings. The quantitative estimate of drug-likeness (QED) is 0.0655. The van der Waals surface area contributed by atoms with E-state index >= 15 is 0 Å². The van der Waals surface area contributed by atoms with Gasteiger partial charge in [-0.3, -0.25) is 0 Å². The Hall–Kier alpha value is -0.680. The van der Waals surface area contributed by atoms with E-state index < -0.39 is 0 Å². The van der Waals surface area contributed by atoms with Gasteiger partial charge in [0.2, 0.25) is 0 Å². The van der Waals surface area contributed by atoms with Crippen LogP contribution in [-0.4, -0.2) is 223 Å². The molecule has 0 heterocycles. The van der Waals surface area contributed by atoms with Gasteiger partial charge >= 0.3 is 0 Å². The Morgan fingerprint density at radius 1 is 0.164 bits per heavy atom. The Kier molecular flexibility index (Phi) is 64.7. The molecular weight excluding hydrogens is 873 g/mol. The van der Waals surface area contributed by atoms with Crippen LogP contribution in [0.5, 0.6) is 0 Å². The highest BCUT2D eigenvalue weighted by molar-refractivity contribution is 4.50. The largest absolute Gasteiger partial charge is 0.394 e. The Balaban J connectivity index is 3.07. The first kappa shape index (κ1) is 66.3. The van der Waals surface area contributed by atoms with Crippen LogP contribution in [0.15, 0.2) is 0 Å². The van der Waals surface area contributed by atoms with Gasteiger partial charge in [0.05, 0.1) is 211 Å².